The van der Waals surface area contributed by atoms with Gasteiger partial charge < -0.3 is 5.48 Å². The van der Waals surface area contributed by atoms with E-state index in [-0.39, 0.29) is 92.7 Å². The second kappa shape index (κ2) is 48.4. The second-order valence-electron chi connectivity index (χ2n) is 0. The van der Waals surface area contributed by atoms with E-state index in [9.17, 15) is 0 Å². The van der Waals surface area contributed by atoms with Gasteiger partial charge in [-0.05, 0) is 0 Å². The minimum atomic E-state index is 0. The first-order valence-corrected chi connectivity index (χ1v) is 0. The Labute approximate surface area is 91.6 Å². The average molecular weight is 316 g/mol. The van der Waals surface area contributed by atoms with Gasteiger partial charge in [0.05, 0.1) is 0 Å². The molecule has 0 aliphatic heterocycles. The van der Waals surface area contributed by atoms with Gasteiger partial charge >= 0.3 is 0 Å². The van der Waals surface area contributed by atoms with Gasteiger partial charge in [0.15, 0.2) is 0 Å². The zero-order valence-corrected chi connectivity index (χ0v) is 9.74. The molecule has 0 heterocycles. The predicted molar refractivity (Wildman–Crippen MR) is 3.61 cm³/mol. The molecule has 0 amide bonds. The molecule has 0 bridgehead atoms. The Balaban J connectivity index is 0. The van der Waals surface area contributed by atoms with Crippen molar-refractivity contribution in [1.29, 1.82) is 0 Å². The van der Waals surface area contributed by atoms with E-state index in [1.807, 2.05) is 0 Å². The van der Waals surface area contributed by atoms with Crippen LogP contribution in [0, 0.1) is 0 Å². The number of hydrogen-bond donors (Lipinski definition) is 0. The van der Waals surface area contributed by atoms with Crippen molar-refractivity contribution in [2.45, 2.75) is 0 Å². The molecule has 0 unspecified atom stereocenters. The third kappa shape index (κ3) is 30.3. The third-order valence-corrected chi connectivity index (χ3v) is 0. The maximum atomic E-state index is 0. The van der Waals surface area contributed by atoms with Gasteiger partial charge in [0.25, 0.3) is 0 Å². The van der Waals surface area contributed by atoms with Gasteiger partial charge in [-0.15, -0.1) is 0 Å². The first kappa shape index (κ1) is 72.5. The van der Waals surface area contributed by atoms with Gasteiger partial charge in [-0.25, -0.2) is 0 Å². The number of hydrogen-bond acceptors (Lipinski definition) is 0. The Morgan fingerprint density at radius 2 is 1.00 bits per heavy atom. The summed E-state index contributed by atoms with van der Waals surface area (Å²) in [5.74, 6) is 0. The fraction of sp³-hybridized carbons (Fsp3) is 0. The van der Waals surface area contributed by atoms with Crippen LogP contribution in [0.5, 0.6) is 0 Å². The van der Waals surface area contributed by atoms with E-state index in [1.54, 1.807) is 0 Å². The van der Waals surface area contributed by atoms with Crippen molar-refractivity contribution in [2.75, 3.05) is 0 Å². The van der Waals surface area contributed by atoms with Crippen molar-refractivity contribution >= 4 is 0 Å². The van der Waals surface area contributed by atoms with Crippen LogP contribution in [0.4, 0.5) is 0 Å². The summed E-state index contributed by atoms with van der Waals surface area (Å²) in [4.78, 5) is 0. The summed E-state index contributed by atoms with van der Waals surface area (Å²) in [5, 5.41) is 0. The summed E-state index contributed by atoms with van der Waals surface area (Å²) in [6.45, 7) is 0. The molecule has 2 N–H and O–H groups in total. The van der Waals surface area contributed by atoms with Gasteiger partial charge in [-0.3, -0.25) is 0 Å². The molecule has 6 heteroatoms. The van der Waals surface area contributed by atoms with Crippen molar-refractivity contribution in [1.82, 2.24) is 0 Å². The van der Waals surface area contributed by atoms with Crippen LogP contribution in [0.2, 0.25) is 0 Å². The molecule has 0 aliphatic rings. The summed E-state index contributed by atoms with van der Waals surface area (Å²) in [6, 6.07) is 0. The molecule has 0 aromatic heterocycles. The Bertz CT molecular complexity index is 15.5. The first-order chi connectivity index (χ1) is 0. The van der Waals surface area contributed by atoms with Crippen molar-refractivity contribution in [3.63, 3.8) is 0 Å². The average Bonchev–Trinajstić information content (AvgIpc) is 0. The summed E-state index contributed by atoms with van der Waals surface area (Å²) in [5.41, 5.74) is 0. The van der Waals surface area contributed by atoms with Crippen molar-refractivity contribution in [2.24, 2.45) is 0 Å². The number of rotatable bonds is 0. The predicted octanol–water partition coefficient (Wildman–Crippen LogP) is -0.837. The van der Waals surface area contributed by atoms with Crippen LogP contribution < -0.4 is 0 Å². The molecule has 0 aliphatic carbocycles. The maximum Gasteiger partial charge on any atom is 0 e. The Hall–Kier alpha value is 2.64. The van der Waals surface area contributed by atoms with E-state index < -0.39 is 0 Å². The van der Waals surface area contributed by atoms with Gasteiger partial charge in [-0.2, -0.15) is 0 Å². The molecule has 0 saturated carbocycles. The topological polar surface area (TPSA) is 31.5 Å². The third-order valence-electron chi connectivity index (χ3n) is 0. The van der Waals surface area contributed by atoms with Crippen LogP contribution in [-0.2, 0) is 87.2 Å². The molecule has 0 fully saturated rings. The summed E-state index contributed by atoms with van der Waals surface area (Å²) in [6.07, 6.45) is 0. The van der Waals surface area contributed by atoms with Gasteiger partial charge in [0.1, 0.15) is 0 Å². The SMILES string of the molecule is O.[Cu].[Fe].[Mn].[Ni].[Zn]. The molecule has 6 heavy (non-hydrogen) atoms. The van der Waals surface area contributed by atoms with E-state index in [0.29, 0.717) is 0 Å². The molecule has 1 nitrogen and oxygen atoms in total. The molecule has 0 spiro atoms. The van der Waals surface area contributed by atoms with E-state index in [4.69, 9.17) is 0 Å². The van der Waals surface area contributed by atoms with Crippen LogP contribution in [-0.4, -0.2) is 5.48 Å². The second-order valence-corrected chi connectivity index (χ2v) is 0. The fourth-order valence-electron chi connectivity index (χ4n) is 0. The summed E-state index contributed by atoms with van der Waals surface area (Å²) >= 11 is 0. The molecule has 46 valence electrons. The smallest absolute Gasteiger partial charge is 0 e. The van der Waals surface area contributed by atoms with Crippen LogP contribution in [0.25, 0.3) is 0 Å². The Morgan fingerprint density at radius 1 is 1.00 bits per heavy atom. The molecule has 0 aromatic carbocycles. The van der Waals surface area contributed by atoms with Crippen LogP contribution in [0.3, 0.4) is 0 Å². The maximum absolute atomic E-state index is 0. The molecular weight excluding hydrogens is 314 g/mol. The normalized spacial score (nSPS) is 0. The standard InChI is InChI=1S/Cu.Fe.Mn.Ni.H2O.Zn/h;;;;1H2;. The minimum Gasteiger partial charge on any atom is -0.412 e. The monoisotopic (exact) mass is 314 g/mol. The van der Waals surface area contributed by atoms with E-state index in [1.165, 1.54) is 0 Å². The molecule has 0 aromatic rings. The van der Waals surface area contributed by atoms with E-state index in [2.05, 4.69) is 0 Å². The van der Waals surface area contributed by atoms with Gasteiger partial charge in [0, 0.05) is 87.2 Å². The van der Waals surface area contributed by atoms with E-state index in [0.717, 1.165) is 0 Å². The van der Waals surface area contributed by atoms with Crippen LogP contribution in [0.15, 0.2) is 0 Å². The first-order valence-electron chi connectivity index (χ1n) is 0. The van der Waals surface area contributed by atoms with Crippen LogP contribution >= 0.6 is 0 Å². The molecule has 0 rings (SSSR count). The minimum absolute atomic E-state index is 0. The fourth-order valence-corrected chi connectivity index (χ4v) is 0. The van der Waals surface area contributed by atoms with Crippen LogP contribution in [0.1, 0.15) is 0 Å². The zero-order valence-electron chi connectivity index (χ0n) is 2.56. The quantitative estimate of drug-likeness (QED) is 0.522. The van der Waals surface area contributed by atoms with Crippen molar-refractivity contribution in [3.05, 3.63) is 0 Å². The largest absolute Gasteiger partial charge is 0.412 e. The van der Waals surface area contributed by atoms with Gasteiger partial charge in [-0.1, -0.05) is 0 Å². The molecular formula is H2CuFeMnNiOZn. The van der Waals surface area contributed by atoms with E-state index >= 15 is 0 Å². The Morgan fingerprint density at radius 3 is 1.00 bits per heavy atom. The Kier molecular flexibility index (Phi) is 585. The molecule has 0 saturated heterocycles. The zero-order chi connectivity index (χ0) is 0. The molecule has 2 radical (unpaired) electrons. The van der Waals surface area contributed by atoms with Crippen molar-refractivity contribution in [3.8, 4) is 0 Å². The van der Waals surface area contributed by atoms with Gasteiger partial charge in [0.2, 0.25) is 0 Å². The van der Waals surface area contributed by atoms with Crippen molar-refractivity contribution < 1.29 is 92.7 Å². The summed E-state index contributed by atoms with van der Waals surface area (Å²) < 4.78 is 0. The summed E-state index contributed by atoms with van der Waals surface area (Å²) in [7, 11) is 0. The molecule has 0 atom stereocenters.